The topological polar surface area (TPSA) is 9.23 Å². The van der Waals surface area contributed by atoms with Gasteiger partial charge in [0.15, 0.2) is 0 Å². The quantitative estimate of drug-likeness (QED) is 0.625. The summed E-state index contributed by atoms with van der Waals surface area (Å²) in [5.74, 6) is 4.03. The van der Waals surface area contributed by atoms with Crippen molar-refractivity contribution in [3.63, 3.8) is 0 Å². The molecule has 0 aromatic rings. The van der Waals surface area contributed by atoms with Crippen LogP contribution in [0.15, 0.2) is 11.8 Å². The van der Waals surface area contributed by atoms with Crippen LogP contribution in [0.4, 0.5) is 0 Å². The number of rotatable bonds is 2. The Kier molecular flexibility index (Phi) is 2.30. The molecule has 3 aliphatic rings. The van der Waals surface area contributed by atoms with E-state index in [9.17, 15) is 0 Å². The van der Waals surface area contributed by atoms with Crippen molar-refractivity contribution in [2.24, 2.45) is 23.7 Å². The first-order chi connectivity index (χ1) is 7.25. The molecule has 15 heavy (non-hydrogen) atoms. The summed E-state index contributed by atoms with van der Waals surface area (Å²) in [6.45, 7) is 4.23. The van der Waals surface area contributed by atoms with Gasteiger partial charge in [0.1, 0.15) is 6.10 Å². The van der Waals surface area contributed by atoms with Crippen LogP contribution in [0.2, 0.25) is 0 Å². The molecule has 5 atom stereocenters. The standard InChI is InChI=1S/C14H22O/c1-9(2)8-15-14-7-10-6-13(14)12-5-3-4-11(10)12/h8,10-14H,3-7H2,1-2H3. The maximum Gasteiger partial charge on any atom is 0.101 e. The fourth-order valence-corrected chi connectivity index (χ4v) is 4.39. The summed E-state index contributed by atoms with van der Waals surface area (Å²) in [7, 11) is 0. The van der Waals surface area contributed by atoms with Crippen molar-refractivity contribution < 1.29 is 4.74 Å². The first-order valence-electron chi connectivity index (χ1n) is 6.54. The molecule has 0 amide bonds. The van der Waals surface area contributed by atoms with Crippen molar-refractivity contribution in [3.05, 3.63) is 11.8 Å². The Bertz CT molecular complexity index is 277. The van der Waals surface area contributed by atoms with Crippen molar-refractivity contribution in [1.82, 2.24) is 0 Å². The molecule has 0 radical (unpaired) electrons. The van der Waals surface area contributed by atoms with Gasteiger partial charge in [-0.2, -0.15) is 0 Å². The molecule has 1 heteroatoms. The molecule has 0 N–H and O–H groups in total. The zero-order valence-electron chi connectivity index (χ0n) is 9.91. The highest BCUT2D eigenvalue weighted by Gasteiger charge is 2.54. The molecule has 0 saturated heterocycles. The van der Waals surface area contributed by atoms with Gasteiger partial charge in [0.05, 0.1) is 6.26 Å². The van der Waals surface area contributed by atoms with E-state index < -0.39 is 0 Å². The van der Waals surface area contributed by atoms with E-state index in [0.717, 1.165) is 23.7 Å². The second-order valence-corrected chi connectivity index (χ2v) is 6.02. The Hall–Kier alpha value is -0.460. The van der Waals surface area contributed by atoms with Crippen molar-refractivity contribution in [3.8, 4) is 0 Å². The fraction of sp³-hybridized carbons (Fsp3) is 0.857. The molecule has 3 fully saturated rings. The van der Waals surface area contributed by atoms with Crippen LogP contribution in [-0.2, 0) is 4.74 Å². The van der Waals surface area contributed by atoms with Crippen LogP contribution in [0.5, 0.6) is 0 Å². The van der Waals surface area contributed by atoms with Gasteiger partial charge in [-0.1, -0.05) is 6.42 Å². The van der Waals surface area contributed by atoms with Crippen molar-refractivity contribution in [2.75, 3.05) is 0 Å². The van der Waals surface area contributed by atoms with Crippen LogP contribution in [0, 0.1) is 23.7 Å². The average molecular weight is 206 g/mol. The predicted octanol–water partition coefficient (Wildman–Crippen LogP) is 3.75. The van der Waals surface area contributed by atoms with Crippen LogP contribution in [0.1, 0.15) is 46.0 Å². The number of allylic oxidation sites excluding steroid dienone is 1. The van der Waals surface area contributed by atoms with Crippen molar-refractivity contribution in [2.45, 2.75) is 52.1 Å². The highest BCUT2D eigenvalue weighted by atomic mass is 16.5. The van der Waals surface area contributed by atoms with Gasteiger partial charge in [0.2, 0.25) is 0 Å². The highest BCUT2D eigenvalue weighted by Crippen LogP contribution is 2.59. The summed E-state index contributed by atoms with van der Waals surface area (Å²) in [5, 5.41) is 0. The first-order valence-corrected chi connectivity index (χ1v) is 6.54. The van der Waals surface area contributed by atoms with Gasteiger partial charge in [-0.25, -0.2) is 0 Å². The molecule has 5 unspecified atom stereocenters. The Balaban J connectivity index is 1.68. The summed E-state index contributed by atoms with van der Waals surface area (Å²) >= 11 is 0. The summed E-state index contributed by atoms with van der Waals surface area (Å²) in [6.07, 6.45) is 9.84. The summed E-state index contributed by atoms with van der Waals surface area (Å²) < 4.78 is 5.94. The molecule has 3 rings (SSSR count). The Morgan fingerprint density at radius 3 is 2.67 bits per heavy atom. The lowest BCUT2D eigenvalue weighted by molar-refractivity contribution is 0.0476. The summed E-state index contributed by atoms with van der Waals surface area (Å²) in [5.41, 5.74) is 1.29. The molecular formula is C14H22O. The molecule has 0 heterocycles. The van der Waals surface area contributed by atoms with E-state index >= 15 is 0 Å². The molecular weight excluding hydrogens is 184 g/mol. The average Bonchev–Trinajstić information content (AvgIpc) is 2.86. The lowest BCUT2D eigenvalue weighted by Gasteiger charge is -2.31. The maximum absolute atomic E-state index is 5.94. The van der Waals surface area contributed by atoms with Crippen LogP contribution < -0.4 is 0 Å². The van der Waals surface area contributed by atoms with Gasteiger partial charge in [-0.15, -0.1) is 0 Å². The number of ether oxygens (including phenoxy) is 1. The molecule has 0 aliphatic heterocycles. The molecule has 1 nitrogen and oxygen atoms in total. The van der Waals surface area contributed by atoms with Gasteiger partial charge >= 0.3 is 0 Å². The Labute approximate surface area is 92.9 Å². The first kappa shape index (κ1) is 9.74. The van der Waals surface area contributed by atoms with E-state index in [1.807, 2.05) is 6.26 Å². The molecule has 0 aromatic heterocycles. The van der Waals surface area contributed by atoms with E-state index in [-0.39, 0.29) is 0 Å². The van der Waals surface area contributed by atoms with Gasteiger partial charge < -0.3 is 4.74 Å². The van der Waals surface area contributed by atoms with Crippen LogP contribution >= 0.6 is 0 Å². The minimum atomic E-state index is 0.559. The summed E-state index contributed by atoms with van der Waals surface area (Å²) in [6, 6.07) is 0. The lowest BCUT2D eigenvalue weighted by atomic mass is 9.80. The highest BCUT2D eigenvalue weighted by molar-refractivity contribution is 5.04. The van der Waals surface area contributed by atoms with Crippen molar-refractivity contribution in [1.29, 1.82) is 0 Å². The number of fused-ring (bicyclic) bond motifs is 5. The monoisotopic (exact) mass is 206 g/mol. The van der Waals surface area contributed by atoms with Gasteiger partial charge in [-0.3, -0.25) is 0 Å². The minimum absolute atomic E-state index is 0.559. The van der Waals surface area contributed by atoms with Crippen LogP contribution in [0.25, 0.3) is 0 Å². The second-order valence-electron chi connectivity index (χ2n) is 6.02. The van der Waals surface area contributed by atoms with E-state index in [1.54, 1.807) is 0 Å². The van der Waals surface area contributed by atoms with E-state index in [4.69, 9.17) is 4.74 Å². The third kappa shape index (κ3) is 1.51. The molecule has 0 aromatic carbocycles. The second kappa shape index (κ2) is 3.54. The smallest absolute Gasteiger partial charge is 0.101 e. The van der Waals surface area contributed by atoms with E-state index in [0.29, 0.717) is 6.10 Å². The van der Waals surface area contributed by atoms with E-state index in [2.05, 4.69) is 13.8 Å². The molecule has 0 spiro atoms. The SMILES string of the molecule is CC(C)=COC1CC2CC1C1CCCC21. The normalized spacial score (nSPS) is 46.7. The van der Waals surface area contributed by atoms with Crippen LogP contribution in [-0.4, -0.2) is 6.10 Å². The maximum atomic E-state index is 5.94. The molecule has 84 valence electrons. The largest absolute Gasteiger partial charge is 0.498 e. The number of hydrogen-bond donors (Lipinski definition) is 0. The van der Waals surface area contributed by atoms with Gasteiger partial charge in [-0.05, 0) is 68.8 Å². The third-order valence-corrected chi connectivity index (χ3v) is 4.85. The van der Waals surface area contributed by atoms with Crippen LogP contribution in [0.3, 0.4) is 0 Å². The fourth-order valence-electron chi connectivity index (χ4n) is 4.39. The zero-order valence-corrected chi connectivity index (χ0v) is 9.91. The predicted molar refractivity (Wildman–Crippen MR) is 61.3 cm³/mol. The molecule has 2 bridgehead atoms. The lowest BCUT2D eigenvalue weighted by Crippen LogP contribution is -2.29. The minimum Gasteiger partial charge on any atom is -0.498 e. The van der Waals surface area contributed by atoms with E-state index in [1.165, 1.54) is 37.7 Å². The van der Waals surface area contributed by atoms with Gasteiger partial charge in [0, 0.05) is 0 Å². The Morgan fingerprint density at radius 2 is 1.87 bits per heavy atom. The van der Waals surface area contributed by atoms with Gasteiger partial charge in [0.25, 0.3) is 0 Å². The molecule has 3 saturated carbocycles. The third-order valence-electron chi connectivity index (χ3n) is 4.85. The number of hydrogen-bond acceptors (Lipinski definition) is 1. The Morgan fingerprint density at radius 1 is 1.07 bits per heavy atom. The van der Waals surface area contributed by atoms with Crippen molar-refractivity contribution >= 4 is 0 Å². The zero-order chi connectivity index (χ0) is 10.4. The summed E-state index contributed by atoms with van der Waals surface area (Å²) in [4.78, 5) is 0. The molecule has 3 aliphatic carbocycles.